The van der Waals surface area contributed by atoms with Gasteiger partial charge in [-0.2, -0.15) is 0 Å². The van der Waals surface area contributed by atoms with Crippen LogP contribution in [0.25, 0.3) is 10.9 Å². The number of nitrogens with one attached hydrogen (secondary N) is 1. The number of benzene rings is 1. The molecule has 3 rings (SSSR count). The second-order valence-electron chi connectivity index (χ2n) is 4.76. The number of aromatic amines is 1. The van der Waals surface area contributed by atoms with Gasteiger partial charge in [0.1, 0.15) is 0 Å². The quantitative estimate of drug-likeness (QED) is 0.726. The molecule has 0 aliphatic heterocycles. The summed E-state index contributed by atoms with van der Waals surface area (Å²) in [5.74, 6) is -0.529. The minimum Gasteiger partial charge on any atom is -0.356 e. The largest absolute Gasteiger partial charge is 0.356 e. The van der Waals surface area contributed by atoms with E-state index in [1.807, 2.05) is 0 Å². The topological polar surface area (TPSA) is 32.9 Å². The van der Waals surface area contributed by atoms with Gasteiger partial charge in [-0.15, -0.1) is 0 Å². The predicted octanol–water partition coefficient (Wildman–Crippen LogP) is 3.59. The van der Waals surface area contributed by atoms with Gasteiger partial charge in [0.25, 0.3) is 0 Å². The number of pyridine rings is 1. The lowest BCUT2D eigenvalue weighted by molar-refractivity contribution is 0.636. The molecule has 0 atom stereocenters. The maximum Gasteiger partial charge on any atom is 0.192 e. The first kappa shape index (κ1) is 11.7. The van der Waals surface area contributed by atoms with Crippen LogP contribution in [-0.2, 0) is 12.8 Å². The van der Waals surface area contributed by atoms with Crippen molar-refractivity contribution in [2.45, 2.75) is 32.1 Å². The van der Waals surface area contributed by atoms with Crippen LogP contribution in [-0.4, -0.2) is 4.98 Å². The van der Waals surface area contributed by atoms with Crippen LogP contribution in [0.5, 0.6) is 0 Å². The van der Waals surface area contributed by atoms with Crippen LogP contribution < -0.4 is 5.43 Å². The SMILES string of the molecule is O=c1c2c([nH]c3c(F)c(Cl)ccc13)CCCCC2. The smallest absolute Gasteiger partial charge is 0.192 e. The van der Waals surface area contributed by atoms with Gasteiger partial charge in [-0.3, -0.25) is 4.79 Å². The summed E-state index contributed by atoms with van der Waals surface area (Å²) in [7, 11) is 0. The Morgan fingerprint density at radius 3 is 2.78 bits per heavy atom. The Labute approximate surface area is 109 Å². The lowest BCUT2D eigenvalue weighted by Gasteiger charge is -2.09. The van der Waals surface area contributed by atoms with Crippen molar-refractivity contribution < 1.29 is 4.39 Å². The molecule has 4 heteroatoms. The van der Waals surface area contributed by atoms with Crippen LogP contribution in [0.2, 0.25) is 5.02 Å². The molecule has 0 unspecified atom stereocenters. The third kappa shape index (κ3) is 1.74. The zero-order valence-corrected chi connectivity index (χ0v) is 10.6. The van der Waals surface area contributed by atoms with Gasteiger partial charge in [0.05, 0.1) is 10.5 Å². The fraction of sp³-hybridized carbons (Fsp3) is 0.357. The summed E-state index contributed by atoms with van der Waals surface area (Å²) in [6.07, 6.45) is 4.77. The maximum absolute atomic E-state index is 13.9. The summed E-state index contributed by atoms with van der Waals surface area (Å²) in [6, 6.07) is 3.04. The van der Waals surface area contributed by atoms with Crippen molar-refractivity contribution in [3.05, 3.63) is 44.5 Å². The minimum absolute atomic E-state index is 0.0452. The Kier molecular flexibility index (Phi) is 2.86. The molecular formula is C14H13ClFNO. The van der Waals surface area contributed by atoms with Crippen LogP contribution in [0.1, 0.15) is 30.5 Å². The van der Waals surface area contributed by atoms with E-state index in [9.17, 15) is 9.18 Å². The van der Waals surface area contributed by atoms with Gasteiger partial charge in [0, 0.05) is 16.6 Å². The molecule has 1 heterocycles. The Balaban J connectivity index is 2.38. The van der Waals surface area contributed by atoms with Crippen LogP contribution in [0.3, 0.4) is 0 Å². The van der Waals surface area contributed by atoms with E-state index in [0.717, 1.165) is 43.4 Å². The highest BCUT2D eigenvalue weighted by atomic mass is 35.5. The van der Waals surface area contributed by atoms with Crippen molar-refractivity contribution >= 4 is 22.5 Å². The highest BCUT2D eigenvalue weighted by Gasteiger charge is 2.17. The van der Waals surface area contributed by atoms with Gasteiger partial charge in [0.2, 0.25) is 0 Å². The average molecular weight is 266 g/mol. The Morgan fingerprint density at radius 1 is 1.17 bits per heavy atom. The van der Waals surface area contributed by atoms with Crippen molar-refractivity contribution in [2.24, 2.45) is 0 Å². The fourth-order valence-corrected chi connectivity index (χ4v) is 2.80. The normalized spacial score (nSPS) is 15.4. The molecule has 1 N–H and O–H groups in total. The van der Waals surface area contributed by atoms with Crippen LogP contribution >= 0.6 is 11.6 Å². The first-order chi connectivity index (χ1) is 8.68. The van der Waals surface area contributed by atoms with E-state index in [0.29, 0.717) is 5.39 Å². The molecule has 0 bridgehead atoms. The van der Waals surface area contributed by atoms with Crippen molar-refractivity contribution in [1.82, 2.24) is 4.98 Å². The molecule has 0 saturated heterocycles. The molecule has 2 nitrogen and oxygen atoms in total. The zero-order chi connectivity index (χ0) is 12.7. The van der Waals surface area contributed by atoms with Gasteiger partial charge >= 0.3 is 0 Å². The molecule has 0 fully saturated rings. The highest BCUT2D eigenvalue weighted by Crippen LogP contribution is 2.24. The van der Waals surface area contributed by atoms with Gasteiger partial charge in [-0.25, -0.2) is 4.39 Å². The molecule has 0 spiro atoms. The van der Waals surface area contributed by atoms with Gasteiger partial charge in [-0.1, -0.05) is 18.0 Å². The zero-order valence-electron chi connectivity index (χ0n) is 9.85. The third-order valence-corrected chi connectivity index (χ3v) is 3.90. The van der Waals surface area contributed by atoms with Gasteiger partial charge in [0.15, 0.2) is 11.2 Å². The molecule has 0 saturated carbocycles. The molecule has 1 aromatic heterocycles. The minimum atomic E-state index is -0.529. The van der Waals surface area contributed by atoms with E-state index in [1.165, 1.54) is 6.07 Å². The standard InChI is InChI=1S/C14H13ClFNO/c15-10-7-6-9-13(12(10)16)17-11-5-3-1-2-4-8(11)14(9)18/h6-7H,1-5H2,(H,17,18). The molecule has 94 valence electrons. The van der Waals surface area contributed by atoms with Crippen molar-refractivity contribution in [3.8, 4) is 0 Å². The predicted molar refractivity (Wildman–Crippen MR) is 70.8 cm³/mol. The van der Waals surface area contributed by atoms with Gasteiger partial charge in [-0.05, 0) is 37.8 Å². The Hall–Kier alpha value is -1.35. The highest BCUT2D eigenvalue weighted by molar-refractivity contribution is 6.31. The second-order valence-corrected chi connectivity index (χ2v) is 5.16. The van der Waals surface area contributed by atoms with E-state index >= 15 is 0 Å². The number of aryl methyl sites for hydroxylation is 1. The van der Waals surface area contributed by atoms with E-state index < -0.39 is 5.82 Å². The summed E-state index contributed by atoms with van der Waals surface area (Å²) in [5, 5.41) is 0.448. The fourth-order valence-electron chi connectivity index (χ4n) is 2.65. The van der Waals surface area contributed by atoms with Crippen molar-refractivity contribution in [2.75, 3.05) is 0 Å². The number of rotatable bonds is 0. The first-order valence-electron chi connectivity index (χ1n) is 6.20. The van der Waals surface area contributed by atoms with E-state index in [-0.39, 0.29) is 16.0 Å². The number of halogens is 2. The summed E-state index contributed by atoms with van der Waals surface area (Å²) in [6.45, 7) is 0. The summed E-state index contributed by atoms with van der Waals surface area (Å²) >= 11 is 5.76. The van der Waals surface area contributed by atoms with Crippen molar-refractivity contribution in [1.29, 1.82) is 0 Å². The van der Waals surface area contributed by atoms with Crippen LogP contribution in [0.4, 0.5) is 4.39 Å². The molecule has 18 heavy (non-hydrogen) atoms. The molecule has 1 aliphatic rings. The molecule has 1 aliphatic carbocycles. The maximum atomic E-state index is 13.9. The Bertz CT molecular complexity index is 678. The lowest BCUT2D eigenvalue weighted by Crippen LogP contribution is -2.14. The first-order valence-corrected chi connectivity index (χ1v) is 6.58. The Morgan fingerprint density at radius 2 is 1.94 bits per heavy atom. The van der Waals surface area contributed by atoms with E-state index in [2.05, 4.69) is 4.98 Å². The lowest BCUT2D eigenvalue weighted by atomic mass is 10.0. The van der Waals surface area contributed by atoms with Crippen LogP contribution in [0.15, 0.2) is 16.9 Å². The van der Waals surface area contributed by atoms with Gasteiger partial charge < -0.3 is 4.98 Å². The number of H-pyrrole nitrogens is 1. The average Bonchev–Trinajstić information content (AvgIpc) is 2.60. The molecule has 0 radical (unpaired) electrons. The van der Waals surface area contributed by atoms with Crippen LogP contribution in [0, 0.1) is 5.82 Å². The second kappa shape index (κ2) is 4.39. The molecule has 0 amide bonds. The molecular weight excluding hydrogens is 253 g/mol. The number of hydrogen-bond donors (Lipinski definition) is 1. The molecule has 1 aromatic carbocycles. The number of hydrogen-bond acceptors (Lipinski definition) is 1. The number of fused-ring (bicyclic) bond motifs is 2. The summed E-state index contributed by atoms with van der Waals surface area (Å²) in [5.41, 5.74) is 1.90. The van der Waals surface area contributed by atoms with Crippen molar-refractivity contribution in [3.63, 3.8) is 0 Å². The van der Waals surface area contributed by atoms with E-state index in [4.69, 9.17) is 11.6 Å². The molecule has 2 aromatic rings. The third-order valence-electron chi connectivity index (χ3n) is 3.61. The monoisotopic (exact) mass is 265 g/mol. The summed E-state index contributed by atoms with van der Waals surface area (Å²) < 4.78 is 13.9. The van der Waals surface area contributed by atoms with E-state index in [1.54, 1.807) is 6.07 Å². The summed E-state index contributed by atoms with van der Waals surface area (Å²) in [4.78, 5) is 15.4. The number of aromatic nitrogens is 1.